The fourth-order valence-electron chi connectivity index (χ4n) is 2.18. The number of ether oxygens (including phenoxy) is 2. The number of hydrogen-bond acceptors (Lipinski definition) is 6. The van der Waals surface area contributed by atoms with Gasteiger partial charge in [-0.3, -0.25) is 9.78 Å². The van der Waals surface area contributed by atoms with Gasteiger partial charge in [-0.15, -0.1) is 0 Å². The second-order valence-electron chi connectivity index (χ2n) is 5.27. The first kappa shape index (κ1) is 16.6. The molecule has 1 aromatic heterocycles. The summed E-state index contributed by atoms with van der Waals surface area (Å²) in [5, 5.41) is 5.90. The van der Waals surface area contributed by atoms with Gasteiger partial charge in [0.25, 0.3) is 0 Å². The van der Waals surface area contributed by atoms with E-state index < -0.39 is 6.10 Å². The second-order valence-corrected chi connectivity index (χ2v) is 5.27. The average molecular weight is 308 g/mol. The van der Waals surface area contributed by atoms with E-state index in [-0.39, 0.29) is 12.0 Å². The van der Waals surface area contributed by atoms with Crippen LogP contribution in [-0.2, 0) is 14.3 Å². The molecule has 1 saturated heterocycles. The molecule has 1 aliphatic rings. The summed E-state index contributed by atoms with van der Waals surface area (Å²) < 4.78 is 11.2. The molecule has 2 rings (SSSR count). The van der Waals surface area contributed by atoms with Gasteiger partial charge in [0.15, 0.2) is 0 Å². The molecule has 2 N–H and O–H groups in total. The van der Waals surface area contributed by atoms with Gasteiger partial charge in [0.2, 0.25) is 5.91 Å². The number of carbonyl (C=O) groups is 1. The molecule has 0 radical (unpaired) electrons. The van der Waals surface area contributed by atoms with Crippen molar-refractivity contribution in [3.05, 3.63) is 18.6 Å². The molecule has 7 nitrogen and oxygen atoms in total. The van der Waals surface area contributed by atoms with Crippen molar-refractivity contribution in [3.8, 4) is 0 Å². The zero-order chi connectivity index (χ0) is 15.6. The summed E-state index contributed by atoms with van der Waals surface area (Å²) in [7, 11) is 0. The van der Waals surface area contributed by atoms with Crippen LogP contribution in [0, 0.1) is 0 Å². The molecule has 0 bridgehead atoms. The van der Waals surface area contributed by atoms with Crippen LogP contribution in [0.1, 0.15) is 26.2 Å². The van der Waals surface area contributed by atoms with E-state index in [1.165, 1.54) is 6.42 Å². The highest BCUT2D eigenvalue weighted by atomic mass is 16.5. The lowest BCUT2D eigenvalue weighted by Gasteiger charge is -2.23. The molecular weight excluding hydrogens is 284 g/mol. The van der Waals surface area contributed by atoms with Gasteiger partial charge in [-0.05, 0) is 26.2 Å². The molecule has 1 amide bonds. The van der Waals surface area contributed by atoms with Crippen molar-refractivity contribution >= 4 is 11.7 Å². The molecule has 22 heavy (non-hydrogen) atoms. The highest BCUT2D eigenvalue weighted by Gasteiger charge is 2.18. The lowest BCUT2D eigenvalue weighted by atomic mass is 10.1. The van der Waals surface area contributed by atoms with Gasteiger partial charge in [-0.2, -0.15) is 0 Å². The highest BCUT2D eigenvalue weighted by Crippen LogP contribution is 2.13. The normalized spacial score (nSPS) is 19.4. The Morgan fingerprint density at radius 3 is 3.09 bits per heavy atom. The molecule has 0 saturated carbocycles. The summed E-state index contributed by atoms with van der Waals surface area (Å²) >= 11 is 0. The molecule has 2 heterocycles. The monoisotopic (exact) mass is 308 g/mol. The van der Waals surface area contributed by atoms with E-state index in [2.05, 4.69) is 20.6 Å². The molecule has 1 aromatic rings. The Labute approximate surface area is 130 Å². The van der Waals surface area contributed by atoms with Crippen molar-refractivity contribution in [2.45, 2.75) is 38.4 Å². The van der Waals surface area contributed by atoms with Crippen molar-refractivity contribution in [2.24, 2.45) is 0 Å². The smallest absolute Gasteiger partial charge is 0.248 e. The van der Waals surface area contributed by atoms with Gasteiger partial charge in [-0.25, -0.2) is 4.98 Å². The predicted molar refractivity (Wildman–Crippen MR) is 82.5 cm³/mol. The first-order valence-corrected chi connectivity index (χ1v) is 7.76. The summed E-state index contributed by atoms with van der Waals surface area (Å²) in [5.41, 5.74) is 0. The van der Waals surface area contributed by atoms with E-state index in [9.17, 15) is 4.79 Å². The van der Waals surface area contributed by atoms with E-state index in [0.29, 0.717) is 25.5 Å². The number of carbonyl (C=O) groups excluding carboxylic acids is 1. The number of hydrogen-bond donors (Lipinski definition) is 2. The predicted octanol–water partition coefficient (Wildman–Crippen LogP) is 0.979. The molecule has 7 heteroatoms. The standard InChI is InChI=1S/C15H24N4O3/c1-12(22-11-13-4-2-3-9-21-13)15(20)19-8-7-18-14-10-16-5-6-17-14/h5-6,10,12-13H,2-4,7-9,11H2,1H3,(H,17,18)(H,19,20)/t12-,13+/m1/s1. The van der Waals surface area contributed by atoms with Crippen molar-refractivity contribution in [1.29, 1.82) is 0 Å². The zero-order valence-electron chi connectivity index (χ0n) is 13.0. The van der Waals surface area contributed by atoms with Crippen LogP contribution >= 0.6 is 0 Å². The highest BCUT2D eigenvalue weighted by molar-refractivity contribution is 5.80. The van der Waals surface area contributed by atoms with E-state index in [1.54, 1.807) is 25.5 Å². The fourth-order valence-corrected chi connectivity index (χ4v) is 2.18. The largest absolute Gasteiger partial charge is 0.376 e. The van der Waals surface area contributed by atoms with Crippen molar-refractivity contribution < 1.29 is 14.3 Å². The lowest BCUT2D eigenvalue weighted by Crippen LogP contribution is -2.38. The summed E-state index contributed by atoms with van der Waals surface area (Å²) in [6, 6.07) is 0. The van der Waals surface area contributed by atoms with Crippen molar-refractivity contribution in [3.63, 3.8) is 0 Å². The minimum Gasteiger partial charge on any atom is -0.376 e. The Hall–Kier alpha value is -1.73. The van der Waals surface area contributed by atoms with Gasteiger partial charge in [0.05, 0.1) is 18.9 Å². The average Bonchev–Trinajstić information content (AvgIpc) is 2.58. The van der Waals surface area contributed by atoms with Gasteiger partial charge in [0, 0.05) is 32.1 Å². The number of rotatable bonds is 8. The van der Waals surface area contributed by atoms with Crippen LogP contribution in [0.25, 0.3) is 0 Å². The molecular formula is C15H24N4O3. The van der Waals surface area contributed by atoms with E-state index in [0.717, 1.165) is 19.4 Å². The number of amides is 1. The van der Waals surface area contributed by atoms with Crippen LogP contribution in [-0.4, -0.2) is 54.4 Å². The van der Waals surface area contributed by atoms with Crippen LogP contribution in [0.5, 0.6) is 0 Å². The minimum atomic E-state index is -0.470. The number of anilines is 1. The van der Waals surface area contributed by atoms with E-state index in [4.69, 9.17) is 9.47 Å². The maximum atomic E-state index is 11.9. The van der Waals surface area contributed by atoms with Crippen LogP contribution in [0.2, 0.25) is 0 Å². The van der Waals surface area contributed by atoms with Crippen LogP contribution < -0.4 is 10.6 Å². The number of nitrogens with zero attached hydrogens (tertiary/aromatic N) is 2. The first-order chi connectivity index (χ1) is 10.8. The summed E-state index contributed by atoms with van der Waals surface area (Å²) in [4.78, 5) is 19.9. The molecule has 0 unspecified atom stereocenters. The van der Waals surface area contributed by atoms with E-state index >= 15 is 0 Å². The topological polar surface area (TPSA) is 85.4 Å². The maximum Gasteiger partial charge on any atom is 0.248 e. The van der Waals surface area contributed by atoms with Gasteiger partial charge in [0.1, 0.15) is 11.9 Å². The summed E-state index contributed by atoms with van der Waals surface area (Å²) in [5.74, 6) is 0.576. The summed E-state index contributed by atoms with van der Waals surface area (Å²) in [6.45, 7) is 4.12. The molecule has 122 valence electrons. The molecule has 1 aliphatic heterocycles. The third-order valence-corrected chi connectivity index (χ3v) is 3.47. The quantitative estimate of drug-likeness (QED) is 0.696. The molecule has 1 fully saturated rings. The van der Waals surface area contributed by atoms with Crippen LogP contribution in [0.15, 0.2) is 18.6 Å². The Morgan fingerprint density at radius 2 is 2.36 bits per heavy atom. The first-order valence-electron chi connectivity index (χ1n) is 7.76. The SMILES string of the molecule is C[C@@H](OC[C@@H]1CCCCO1)C(=O)NCCNc1cnccn1. The van der Waals surface area contributed by atoms with Crippen LogP contribution in [0.3, 0.4) is 0 Å². The van der Waals surface area contributed by atoms with Gasteiger partial charge in [-0.1, -0.05) is 0 Å². The lowest BCUT2D eigenvalue weighted by molar-refractivity contribution is -0.135. The molecule has 2 atom stereocenters. The van der Waals surface area contributed by atoms with Crippen LogP contribution in [0.4, 0.5) is 5.82 Å². The maximum absolute atomic E-state index is 11.9. The van der Waals surface area contributed by atoms with Crippen molar-refractivity contribution in [2.75, 3.05) is 31.6 Å². The number of aromatic nitrogens is 2. The summed E-state index contributed by atoms with van der Waals surface area (Å²) in [6.07, 6.45) is 7.82. The van der Waals surface area contributed by atoms with Gasteiger partial charge < -0.3 is 20.1 Å². The van der Waals surface area contributed by atoms with E-state index in [1.807, 2.05) is 0 Å². The zero-order valence-corrected chi connectivity index (χ0v) is 13.0. The molecule has 0 aromatic carbocycles. The third-order valence-electron chi connectivity index (χ3n) is 3.47. The third kappa shape index (κ3) is 5.95. The Balaban J connectivity index is 1.55. The second kappa shape index (κ2) is 9.32. The fraction of sp³-hybridized carbons (Fsp3) is 0.667. The minimum absolute atomic E-state index is 0.114. The number of nitrogens with one attached hydrogen (secondary N) is 2. The molecule has 0 spiro atoms. The Bertz CT molecular complexity index is 438. The molecule has 0 aliphatic carbocycles. The van der Waals surface area contributed by atoms with Gasteiger partial charge >= 0.3 is 0 Å². The Kier molecular flexibility index (Phi) is 7.05. The van der Waals surface area contributed by atoms with Crippen molar-refractivity contribution in [1.82, 2.24) is 15.3 Å². The Morgan fingerprint density at radius 1 is 1.45 bits per heavy atom.